The maximum Gasteiger partial charge on any atom is 0.404 e. The highest BCUT2D eigenvalue weighted by Crippen LogP contribution is 2.48. The molecule has 0 aromatic heterocycles. The van der Waals surface area contributed by atoms with Crippen LogP contribution >= 0.6 is 0 Å². The van der Waals surface area contributed by atoms with Gasteiger partial charge < -0.3 is 19.9 Å². The molecule has 0 saturated heterocycles. The van der Waals surface area contributed by atoms with Crippen LogP contribution in [0.25, 0.3) is 0 Å². The van der Waals surface area contributed by atoms with Crippen molar-refractivity contribution in [2.24, 2.45) is 16.6 Å². The van der Waals surface area contributed by atoms with E-state index in [9.17, 15) is 14.4 Å². The Labute approximate surface area is 146 Å². The predicted octanol–water partition coefficient (Wildman–Crippen LogP) is 2.24. The molecule has 0 bridgehead atoms. The molecule has 1 aromatic carbocycles. The molecule has 0 saturated carbocycles. The molecule has 136 valence electrons. The first-order valence-electron chi connectivity index (χ1n) is 7.99. The first-order chi connectivity index (χ1) is 11.6. The van der Waals surface area contributed by atoms with Gasteiger partial charge in [0.05, 0.1) is 0 Å². The zero-order valence-corrected chi connectivity index (χ0v) is 14.9. The summed E-state index contributed by atoms with van der Waals surface area (Å²) in [5.41, 5.74) is 3.85. The number of ether oxygens (including phenoxy) is 3. The van der Waals surface area contributed by atoms with Crippen LogP contribution < -0.4 is 15.2 Å². The number of Topliss-reactive ketones (excluding diaryl/α,β-unsaturated/α-hetero) is 1. The van der Waals surface area contributed by atoms with Gasteiger partial charge in [-0.05, 0) is 30.4 Å². The van der Waals surface area contributed by atoms with E-state index in [4.69, 9.17) is 15.2 Å². The van der Waals surface area contributed by atoms with Crippen molar-refractivity contribution in [3.8, 4) is 11.5 Å². The van der Waals surface area contributed by atoms with Crippen molar-refractivity contribution in [3.63, 3.8) is 0 Å². The second-order valence-corrected chi connectivity index (χ2v) is 7.06. The number of carbonyl (C=O) groups excluding carboxylic acids is 3. The molecular formula is C18H23NO6. The van der Waals surface area contributed by atoms with E-state index >= 15 is 0 Å². The molecule has 7 heteroatoms. The van der Waals surface area contributed by atoms with Crippen LogP contribution in [0, 0.1) is 10.8 Å². The lowest BCUT2D eigenvalue weighted by Gasteiger charge is -2.43. The van der Waals surface area contributed by atoms with Crippen molar-refractivity contribution >= 4 is 17.8 Å². The second-order valence-electron chi connectivity index (χ2n) is 7.06. The number of hydrogen-bond acceptors (Lipinski definition) is 6. The van der Waals surface area contributed by atoms with E-state index in [1.54, 1.807) is 18.2 Å². The van der Waals surface area contributed by atoms with E-state index in [-0.39, 0.29) is 25.4 Å². The average molecular weight is 349 g/mol. The van der Waals surface area contributed by atoms with E-state index in [1.807, 2.05) is 20.8 Å². The Hall–Kier alpha value is -2.57. The molecule has 1 aromatic rings. The highest BCUT2D eigenvalue weighted by atomic mass is 16.6. The van der Waals surface area contributed by atoms with Gasteiger partial charge in [-0.1, -0.05) is 26.8 Å². The van der Waals surface area contributed by atoms with Gasteiger partial charge in [-0.25, -0.2) is 4.79 Å². The number of hydrogen-bond donors (Lipinski definition) is 1. The molecule has 0 spiro atoms. The summed E-state index contributed by atoms with van der Waals surface area (Å²) in [6.45, 7) is 7.14. The van der Waals surface area contributed by atoms with Crippen LogP contribution in [0.3, 0.4) is 0 Å². The van der Waals surface area contributed by atoms with Gasteiger partial charge in [-0.15, -0.1) is 0 Å². The number of benzene rings is 1. The van der Waals surface area contributed by atoms with Crippen molar-refractivity contribution in [2.75, 3.05) is 13.2 Å². The Morgan fingerprint density at radius 2 is 1.96 bits per heavy atom. The summed E-state index contributed by atoms with van der Waals surface area (Å²) in [6, 6.07) is 5.08. The number of fused-ring (bicyclic) bond motifs is 1. The van der Waals surface area contributed by atoms with Gasteiger partial charge in [0.15, 0.2) is 0 Å². The molecule has 1 unspecified atom stereocenters. The highest BCUT2D eigenvalue weighted by molar-refractivity contribution is 6.05. The van der Waals surface area contributed by atoms with Gasteiger partial charge in [0, 0.05) is 6.07 Å². The Balaban J connectivity index is 2.21. The third kappa shape index (κ3) is 3.60. The fraction of sp³-hybridized carbons (Fsp3) is 0.500. The first-order valence-corrected chi connectivity index (χ1v) is 7.99. The quantitative estimate of drug-likeness (QED) is 0.378. The summed E-state index contributed by atoms with van der Waals surface area (Å²) in [4.78, 5) is 35.5. The molecule has 1 amide bonds. The Bertz CT molecular complexity index is 706. The minimum absolute atomic E-state index is 0.0175. The van der Waals surface area contributed by atoms with Crippen LogP contribution in [-0.2, 0) is 20.7 Å². The third-order valence-electron chi connectivity index (χ3n) is 4.52. The highest BCUT2D eigenvalue weighted by Gasteiger charge is 2.56. The first kappa shape index (κ1) is 18.8. The largest absolute Gasteiger partial charge is 0.490 e. The van der Waals surface area contributed by atoms with Crippen LogP contribution in [0.2, 0.25) is 0 Å². The molecule has 7 nitrogen and oxygen atoms in total. The minimum Gasteiger partial charge on any atom is -0.490 e. The summed E-state index contributed by atoms with van der Waals surface area (Å²) < 4.78 is 15.5. The number of rotatable bonds is 5. The molecule has 2 N–H and O–H groups in total. The van der Waals surface area contributed by atoms with Gasteiger partial charge in [-0.3, -0.25) is 9.59 Å². The van der Waals surface area contributed by atoms with E-state index < -0.39 is 22.9 Å². The van der Waals surface area contributed by atoms with Gasteiger partial charge in [0.1, 0.15) is 35.9 Å². The molecule has 1 heterocycles. The summed E-state index contributed by atoms with van der Waals surface area (Å²) in [7, 11) is 0. The standard InChI is InChI=1S/C18H23NO6/c1-11(20)18(17(2,3)4)10-12-5-6-13(9-14(12)25-15(18)21)23-7-8-24-16(19)22/h5-6,9H,7-8,10H2,1-4H3,(H2,19,22). The fourth-order valence-electron chi connectivity index (χ4n) is 3.08. The maximum atomic E-state index is 12.7. The predicted molar refractivity (Wildman–Crippen MR) is 89.4 cm³/mol. The molecule has 2 rings (SSSR count). The fourth-order valence-corrected chi connectivity index (χ4v) is 3.08. The number of ketones is 1. The summed E-state index contributed by atoms with van der Waals surface area (Å²) in [5.74, 6) is 0.0823. The lowest BCUT2D eigenvalue weighted by atomic mass is 9.60. The molecule has 0 aliphatic carbocycles. The van der Waals surface area contributed by atoms with Gasteiger partial charge in [0.2, 0.25) is 0 Å². The van der Waals surface area contributed by atoms with Gasteiger partial charge in [0.25, 0.3) is 0 Å². The van der Waals surface area contributed by atoms with E-state index in [1.165, 1.54) is 6.92 Å². The minimum atomic E-state index is -1.21. The second kappa shape index (κ2) is 6.74. The SMILES string of the molecule is CC(=O)C1(C(C)(C)C)Cc2ccc(OCCOC(N)=O)cc2OC1=O. The Morgan fingerprint density at radius 1 is 1.28 bits per heavy atom. The van der Waals surface area contributed by atoms with E-state index in [2.05, 4.69) is 4.74 Å². The smallest absolute Gasteiger partial charge is 0.404 e. The number of carbonyl (C=O) groups is 3. The zero-order chi connectivity index (χ0) is 18.8. The van der Waals surface area contributed by atoms with Crippen molar-refractivity contribution in [1.29, 1.82) is 0 Å². The van der Waals surface area contributed by atoms with Crippen LogP contribution in [0.15, 0.2) is 18.2 Å². The zero-order valence-electron chi connectivity index (χ0n) is 14.9. The number of amides is 1. The molecule has 1 aliphatic heterocycles. The van der Waals surface area contributed by atoms with Crippen LogP contribution in [0.5, 0.6) is 11.5 Å². The molecule has 0 radical (unpaired) electrons. The number of nitrogens with two attached hydrogens (primary N) is 1. The number of primary amides is 1. The molecule has 1 aliphatic rings. The van der Waals surface area contributed by atoms with Crippen LogP contribution in [0.4, 0.5) is 4.79 Å². The third-order valence-corrected chi connectivity index (χ3v) is 4.52. The summed E-state index contributed by atoms with van der Waals surface area (Å²) in [6.07, 6.45) is -0.587. The molecule has 1 atom stereocenters. The van der Waals surface area contributed by atoms with E-state index in [0.29, 0.717) is 11.5 Å². The topological polar surface area (TPSA) is 105 Å². The number of esters is 1. The van der Waals surface area contributed by atoms with Crippen molar-refractivity contribution in [3.05, 3.63) is 23.8 Å². The Kier molecular flexibility index (Phi) is 5.06. The van der Waals surface area contributed by atoms with Crippen LogP contribution in [0.1, 0.15) is 33.3 Å². The lowest BCUT2D eigenvalue weighted by Crippen LogP contribution is -2.54. The summed E-state index contributed by atoms with van der Waals surface area (Å²) in [5, 5.41) is 0. The van der Waals surface area contributed by atoms with Crippen molar-refractivity contribution in [1.82, 2.24) is 0 Å². The van der Waals surface area contributed by atoms with E-state index in [0.717, 1.165) is 5.56 Å². The Morgan fingerprint density at radius 3 is 2.52 bits per heavy atom. The maximum absolute atomic E-state index is 12.7. The summed E-state index contributed by atoms with van der Waals surface area (Å²) >= 11 is 0. The van der Waals surface area contributed by atoms with Crippen LogP contribution in [-0.4, -0.2) is 31.1 Å². The van der Waals surface area contributed by atoms with Gasteiger partial charge in [-0.2, -0.15) is 0 Å². The van der Waals surface area contributed by atoms with Crippen molar-refractivity contribution in [2.45, 2.75) is 34.1 Å². The average Bonchev–Trinajstić information content (AvgIpc) is 2.49. The monoisotopic (exact) mass is 349 g/mol. The molecular weight excluding hydrogens is 326 g/mol. The molecule has 25 heavy (non-hydrogen) atoms. The van der Waals surface area contributed by atoms with Gasteiger partial charge >= 0.3 is 12.1 Å². The lowest BCUT2D eigenvalue weighted by molar-refractivity contribution is -0.161. The molecule has 0 fully saturated rings. The normalized spacial score (nSPS) is 19.6. The van der Waals surface area contributed by atoms with Crippen molar-refractivity contribution < 1.29 is 28.6 Å².